The van der Waals surface area contributed by atoms with E-state index >= 15 is 0 Å². The number of rotatable bonds is 3. The molecule has 0 saturated carbocycles. The van der Waals surface area contributed by atoms with E-state index in [9.17, 15) is 9.59 Å². The Bertz CT molecular complexity index is 518. The summed E-state index contributed by atoms with van der Waals surface area (Å²) in [5.41, 5.74) is 11.2. The highest BCUT2D eigenvalue weighted by Gasteiger charge is 2.44. The lowest BCUT2D eigenvalue weighted by Gasteiger charge is -2.25. The van der Waals surface area contributed by atoms with Crippen LogP contribution in [0.25, 0.3) is 0 Å². The number of hydrogen-bond acceptors (Lipinski definition) is 4. The van der Waals surface area contributed by atoms with Crippen LogP contribution in [0.3, 0.4) is 0 Å². The van der Waals surface area contributed by atoms with E-state index in [0.29, 0.717) is 17.9 Å². The third-order valence-corrected chi connectivity index (χ3v) is 3.44. The molecule has 0 bridgehead atoms. The van der Waals surface area contributed by atoms with Gasteiger partial charge in [0.1, 0.15) is 0 Å². The minimum absolute atomic E-state index is 0.223. The molecule has 1 heterocycles. The number of hydrogen-bond donors (Lipinski definition) is 3. The quantitative estimate of drug-likeness (QED) is 0.718. The summed E-state index contributed by atoms with van der Waals surface area (Å²) in [4.78, 5) is 23.3. The summed E-state index contributed by atoms with van der Waals surface area (Å²) < 4.78 is 5.23. The van der Waals surface area contributed by atoms with Crippen LogP contribution >= 0.6 is 0 Å². The van der Waals surface area contributed by atoms with Gasteiger partial charge in [0.25, 0.3) is 0 Å². The Kier molecular flexibility index (Phi) is 3.55. The van der Waals surface area contributed by atoms with Crippen LogP contribution in [0.2, 0.25) is 0 Å². The van der Waals surface area contributed by atoms with Gasteiger partial charge in [-0.2, -0.15) is 0 Å². The largest absolute Gasteiger partial charge is 0.379 e. The van der Waals surface area contributed by atoms with Crippen LogP contribution in [0.4, 0.5) is 5.69 Å². The van der Waals surface area contributed by atoms with E-state index in [0.717, 1.165) is 0 Å². The number of amides is 2. The average molecular weight is 263 g/mol. The lowest BCUT2D eigenvalue weighted by Crippen LogP contribution is -2.47. The number of nitrogens with two attached hydrogens (primary N) is 2. The third-order valence-electron chi connectivity index (χ3n) is 3.44. The van der Waals surface area contributed by atoms with Crippen molar-refractivity contribution in [3.8, 4) is 0 Å². The molecule has 102 valence electrons. The van der Waals surface area contributed by atoms with Gasteiger partial charge in [-0.25, -0.2) is 0 Å². The Morgan fingerprint density at radius 1 is 1.47 bits per heavy atom. The van der Waals surface area contributed by atoms with Crippen molar-refractivity contribution in [2.75, 3.05) is 18.5 Å². The minimum atomic E-state index is -0.761. The molecule has 6 heteroatoms. The standard InChI is InChI=1S/C13H17N3O3/c1-13(7-19-6-10(13)14)12(18)16-9-4-2-3-8(5-9)11(15)17/h2-5,10H,6-7,14H2,1H3,(H2,15,17)(H,16,18). The SMILES string of the molecule is CC1(C(=O)Nc2cccc(C(N)=O)c2)COCC1N. The number of anilines is 1. The van der Waals surface area contributed by atoms with Crippen LogP contribution < -0.4 is 16.8 Å². The normalized spacial score (nSPS) is 26.1. The van der Waals surface area contributed by atoms with Crippen molar-refractivity contribution in [3.63, 3.8) is 0 Å². The van der Waals surface area contributed by atoms with Gasteiger partial charge in [0.15, 0.2) is 0 Å². The Morgan fingerprint density at radius 3 is 2.79 bits per heavy atom. The number of nitrogens with one attached hydrogen (secondary N) is 1. The fraction of sp³-hybridized carbons (Fsp3) is 0.385. The molecule has 1 saturated heterocycles. The number of primary amides is 1. The number of ether oxygens (including phenoxy) is 1. The molecule has 1 fully saturated rings. The Balaban J connectivity index is 2.15. The van der Waals surface area contributed by atoms with E-state index in [2.05, 4.69) is 5.32 Å². The summed E-state index contributed by atoms with van der Waals surface area (Å²) in [6, 6.07) is 6.12. The van der Waals surface area contributed by atoms with E-state index in [1.807, 2.05) is 0 Å². The number of carbonyl (C=O) groups excluding carboxylic acids is 2. The monoisotopic (exact) mass is 263 g/mol. The Morgan fingerprint density at radius 2 is 2.21 bits per heavy atom. The van der Waals surface area contributed by atoms with Crippen LogP contribution in [-0.2, 0) is 9.53 Å². The van der Waals surface area contributed by atoms with Crippen LogP contribution in [0.15, 0.2) is 24.3 Å². The van der Waals surface area contributed by atoms with Gasteiger partial charge in [-0.3, -0.25) is 9.59 Å². The van der Waals surface area contributed by atoms with Gasteiger partial charge in [-0.15, -0.1) is 0 Å². The zero-order chi connectivity index (χ0) is 14.0. The lowest BCUT2D eigenvalue weighted by molar-refractivity contribution is -0.125. The highest BCUT2D eigenvalue weighted by Crippen LogP contribution is 2.28. The summed E-state index contributed by atoms with van der Waals surface area (Å²) in [5, 5.41) is 2.74. The van der Waals surface area contributed by atoms with Crippen molar-refractivity contribution in [3.05, 3.63) is 29.8 Å². The zero-order valence-corrected chi connectivity index (χ0v) is 10.7. The first kappa shape index (κ1) is 13.5. The molecule has 6 nitrogen and oxygen atoms in total. The number of carbonyl (C=O) groups is 2. The van der Waals surface area contributed by atoms with Crippen molar-refractivity contribution in [1.82, 2.24) is 0 Å². The average Bonchev–Trinajstić information content (AvgIpc) is 2.71. The summed E-state index contributed by atoms with van der Waals surface area (Å²) in [5.74, 6) is -0.762. The fourth-order valence-corrected chi connectivity index (χ4v) is 1.95. The van der Waals surface area contributed by atoms with E-state index in [1.165, 1.54) is 6.07 Å². The molecule has 1 aliphatic rings. The maximum atomic E-state index is 12.2. The second-order valence-electron chi connectivity index (χ2n) is 4.94. The van der Waals surface area contributed by atoms with Crippen molar-refractivity contribution < 1.29 is 14.3 Å². The van der Waals surface area contributed by atoms with Crippen LogP contribution in [-0.4, -0.2) is 31.1 Å². The van der Waals surface area contributed by atoms with Crippen LogP contribution in [0, 0.1) is 5.41 Å². The molecule has 0 aliphatic carbocycles. The summed E-state index contributed by atoms with van der Waals surface area (Å²) >= 11 is 0. The van der Waals surface area contributed by atoms with E-state index in [4.69, 9.17) is 16.2 Å². The van der Waals surface area contributed by atoms with Crippen molar-refractivity contribution in [2.24, 2.45) is 16.9 Å². The Hall–Kier alpha value is -1.92. The molecule has 2 atom stereocenters. The first-order chi connectivity index (χ1) is 8.93. The Labute approximate surface area is 111 Å². The molecule has 5 N–H and O–H groups in total. The summed E-state index contributed by atoms with van der Waals surface area (Å²) in [6.07, 6.45) is 0. The molecule has 19 heavy (non-hydrogen) atoms. The maximum Gasteiger partial charge on any atom is 0.248 e. The predicted molar refractivity (Wildman–Crippen MR) is 70.5 cm³/mol. The lowest BCUT2D eigenvalue weighted by atomic mass is 9.85. The first-order valence-electron chi connectivity index (χ1n) is 5.98. The van der Waals surface area contributed by atoms with Gasteiger partial charge in [-0.1, -0.05) is 6.07 Å². The van der Waals surface area contributed by atoms with E-state index in [1.54, 1.807) is 25.1 Å². The topological polar surface area (TPSA) is 107 Å². The molecule has 1 aromatic carbocycles. The highest BCUT2D eigenvalue weighted by atomic mass is 16.5. The molecule has 0 radical (unpaired) electrons. The van der Waals surface area contributed by atoms with Gasteiger partial charge in [0.2, 0.25) is 11.8 Å². The summed E-state index contributed by atoms with van der Waals surface area (Å²) in [6.45, 7) is 2.42. The van der Waals surface area contributed by atoms with Crippen molar-refractivity contribution in [1.29, 1.82) is 0 Å². The molecule has 1 aromatic rings. The zero-order valence-electron chi connectivity index (χ0n) is 10.7. The summed E-state index contributed by atoms with van der Waals surface area (Å²) in [7, 11) is 0. The fourth-order valence-electron chi connectivity index (χ4n) is 1.95. The molecular weight excluding hydrogens is 246 g/mol. The number of benzene rings is 1. The van der Waals surface area contributed by atoms with Crippen LogP contribution in [0.1, 0.15) is 17.3 Å². The van der Waals surface area contributed by atoms with Gasteiger partial charge in [0.05, 0.1) is 18.6 Å². The van der Waals surface area contributed by atoms with Crippen molar-refractivity contribution in [2.45, 2.75) is 13.0 Å². The third kappa shape index (κ3) is 2.59. The molecule has 2 rings (SSSR count). The van der Waals surface area contributed by atoms with Crippen molar-refractivity contribution >= 4 is 17.5 Å². The highest BCUT2D eigenvalue weighted by molar-refractivity contribution is 5.98. The van der Waals surface area contributed by atoms with E-state index in [-0.39, 0.29) is 18.6 Å². The smallest absolute Gasteiger partial charge is 0.248 e. The predicted octanol–water partition coefficient (Wildman–Crippen LogP) is 0.0878. The molecule has 1 aliphatic heterocycles. The maximum absolute atomic E-state index is 12.2. The second kappa shape index (κ2) is 4.99. The minimum Gasteiger partial charge on any atom is -0.379 e. The first-order valence-corrected chi connectivity index (χ1v) is 5.98. The van der Waals surface area contributed by atoms with Gasteiger partial charge in [0, 0.05) is 17.3 Å². The molecular formula is C13H17N3O3. The molecule has 2 amide bonds. The second-order valence-corrected chi connectivity index (χ2v) is 4.94. The van der Waals surface area contributed by atoms with Gasteiger partial charge in [-0.05, 0) is 25.1 Å². The van der Waals surface area contributed by atoms with Crippen LogP contribution in [0.5, 0.6) is 0 Å². The molecule has 0 aromatic heterocycles. The van der Waals surface area contributed by atoms with E-state index < -0.39 is 11.3 Å². The molecule has 2 unspecified atom stereocenters. The molecule has 0 spiro atoms. The van der Waals surface area contributed by atoms with Gasteiger partial charge >= 0.3 is 0 Å². The van der Waals surface area contributed by atoms with Gasteiger partial charge < -0.3 is 21.5 Å².